The van der Waals surface area contributed by atoms with Crippen LogP contribution in [-0.4, -0.2) is 33.3 Å². The van der Waals surface area contributed by atoms with E-state index in [4.69, 9.17) is 9.47 Å². The van der Waals surface area contributed by atoms with E-state index in [0.717, 1.165) is 36.5 Å². The molecule has 2 aromatic carbocycles. The molecule has 0 aliphatic rings. The Hall–Kier alpha value is -3.21. The van der Waals surface area contributed by atoms with Crippen molar-refractivity contribution in [2.75, 3.05) is 13.7 Å². The molecule has 0 atom stereocenters. The van der Waals surface area contributed by atoms with Crippen LogP contribution >= 0.6 is 0 Å². The molecule has 2 rings (SSSR count). The molecule has 0 saturated heterocycles. The van der Waals surface area contributed by atoms with Gasteiger partial charge >= 0.3 is 5.69 Å². The van der Waals surface area contributed by atoms with Gasteiger partial charge in [0.05, 0.1) is 29.8 Å². The summed E-state index contributed by atoms with van der Waals surface area (Å²) in [7, 11) is -2.74. The minimum absolute atomic E-state index is 0.0501. The highest BCUT2D eigenvalue weighted by molar-refractivity contribution is 7.89. The number of sulfonamides is 1. The fourth-order valence-electron chi connectivity index (χ4n) is 2.12. The number of methoxy groups -OCH3 is 1. The van der Waals surface area contributed by atoms with E-state index in [0.29, 0.717) is 0 Å². The van der Waals surface area contributed by atoms with Crippen molar-refractivity contribution in [3.05, 3.63) is 57.9 Å². The minimum Gasteiger partial charge on any atom is -0.490 e. The molecule has 11 heteroatoms. The molecule has 144 valence electrons. The highest BCUT2D eigenvalue weighted by atomic mass is 32.2. The third-order valence-electron chi connectivity index (χ3n) is 3.27. The molecule has 0 unspecified atom stereocenters. The van der Waals surface area contributed by atoms with Gasteiger partial charge in [0.1, 0.15) is 5.82 Å². The average molecular weight is 397 g/mol. The Labute approximate surface area is 154 Å². The number of hydrogen-bond donors (Lipinski definition) is 1. The first-order valence-corrected chi connectivity index (χ1v) is 9.06. The zero-order chi connectivity index (χ0) is 20.0. The Kier molecular flexibility index (Phi) is 6.29. The largest absolute Gasteiger partial charge is 0.490 e. The number of nitrogens with zero attached hydrogens (tertiary/aromatic N) is 2. The van der Waals surface area contributed by atoms with Crippen molar-refractivity contribution in [2.24, 2.45) is 5.10 Å². The van der Waals surface area contributed by atoms with Crippen LogP contribution in [0, 0.1) is 15.9 Å². The Morgan fingerprint density at radius 2 is 1.96 bits per heavy atom. The van der Waals surface area contributed by atoms with Crippen LogP contribution in [0.5, 0.6) is 11.5 Å². The molecule has 0 amide bonds. The van der Waals surface area contributed by atoms with Gasteiger partial charge in [0, 0.05) is 11.6 Å². The molecular formula is C16H16FN3O6S. The summed E-state index contributed by atoms with van der Waals surface area (Å²) in [5.41, 5.74) is -0.140. The second-order valence-electron chi connectivity index (χ2n) is 5.07. The number of benzene rings is 2. The molecule has 27 heavy (non-hydrogen) atoms. The Balaban J connectivity index is 2.30. The van der Waals surface area contributed by atoms with Gasteiger partial charge in [-0.25, -0.2) is 9.22 Å². The van der Waals surface area contributed by atoms with Crippen molar-refractivity contribution in [3.63, 3.8) is 0 Å². The third kappa shape index (κ3) is 4.91. The van der Waals surface area contributed by atoms with Gasteiger partial charge < -0.3 is 9.47 Å². The number of rotatable bonds is 8. The Bertz CT molecular complexity index is 961. The summed E-state index contributed by atoms with van der Waals surface area (Å²) in [6.45, 7) is 1.94. The SMILES string of the molecule is CCOc1cc(/C=N/NS(=O)(=O)c2ccc(F)cc2)cc([N+](=O)[O-])c1OC. The zero-order valence-electron chi connectivity index (χ0n) is 14.4. The smallest absolute Gasteiger partial charge is 0.315 e. The highest BCUT2D eigenvalue weighted by Gasteiger charge is 2.21. The second-order valence-corrected chi connectivity index (χ2v) is 6.73. The van der Waals surface area contributed by atoms with E-state index >= 15 is 0 Å². The van der Waals surface area contributed by atoms with Gasteiger partial charge in [0.2, 0.25) is 5.75 Å². The minimum atomic E-state index is -4.01. The van der Waals surface area contributed by atoms with Crippen molar-refractivity contribution >= 4 is 21.9 Å². The Morgan fingerprint density at radius 1 is 1.30 bits per heavy atom. The molecule has 0 aliphatic carbocycles. The predicted molar refractivity (Wildman–Crippen MR) is 95.1 cm³/mol. The summed E-state index contributed by atoms with van der Waals surface area (Å²) in [5, 5.41) is 14.8. The fraction of sp³-hybridized carbons (Fsp3) is 0.188. The molecule has 0 bridgehead atoms. The molecule has 0 radical (unpaired) electrons. The van der Waals surface area contributed by atoms with E-state index in [1.807, 2.05) is 4.83 Å². The van der Waals surface area contributed by atoms with Crippen molar-refractivity contribution in [3.8, 4) is 11.5 Å². The maximum absolute atomic E-state index is 12.9. The first-order chi connectivity index (χ1) is 12.8. The van der Waals surface area contributed by atoms with Crippen LogP contribution in [-0.2, 0) is 10.0 Å². The summed E-state index contributed by atoms with van der Waals surface area (Å²) < 4.78 is 47.4. The number of hydrogen-bond acceptors (Lipinski definition) is 7. The number of nitro groups is 1. The molecule has 0 saturated carbocycles. The van der Waals surface area contributed by atoms with Crippen LogP contribution in [0.3, 0.4) is 0 Å². The lowest BCUT2D eigenvalue weighted by Gasteiger charge is -2.10. The van der Waals surface area contributed by atoms with Crippen LogP contribution in [0.25, 0.3) is 0 Å². The lowest BCUT2D eigenvalue weighted by atomic mass is 10.2. The molecule has 9 nitrogen and oxygen atoms in total. The van der Waals surface area contributed by atoms with Crippen LogP contribution in [0.15, 0.2) is 46.4 Å². The zero-order valence-corrected chi connectivity index (χ0v) is 15.2. The van der Waals surface area contributed by atoms with Gasteiger partial charge in [-0.2, -0.15) is 13.5 Å². The molecule has 1 N–H and O–H groups in total. The van der Waals surface area contributed by atoms with Crippen molar-refractivity contribution in [2.45, 2.75) is 11.8 Å². The van der Waals surface area contributed by atoms with Crippen LogP contribution in [0.1, 0.15) is 12.5 Å². The fourth-order valence-corrected chi connectivity index (χ4v) is 2.91. The summed E-state index contributed by atoms with van der Waals surface area (Å²) in [5.74, 6) is -0.505. The predicted octanol–water partition coefficient (Wildman–Crippen LogP) is 2.45. The molecule has 0 heterocycles. The van der Waals surface area contributed by atoms with Crippen molar-refractivity contribution in [1.29, 1.82) is 0 Å². The number of ether oxygens (including phenoxy) is 2. The topological polar surface area (TPSA) is 120 Å². The summed E-state index contributed by atoms with van der Waals surface area (Å²) in [6.07, 6.45) is 1.08. The van der Waals surface area contributed by atoms with E-state index in [1.165, 1.54) is 13.2 Å². The van der Waals surface area contributed by atoms with Gasteiger partial charge in [0.15, 0.2) is 5.75 Å². The number of halogens is 1. The van der Waals surface area contributed by atoms with E-state index in [1.54, 1.807) is 6.92 Å². The summed E-state index contributed by atoms with van der Waals surface area (Å²) >= 11 is 0. The Morgan fingerprint density at radius 3 is 2.52 bits per heavy atom. The molecule has 0 aromatic heterocycles. The van der Waals surface area contributed by atoms with Crippen molar-refractivity contribution < 1.29 is 27.2 Å². The molecule has 2 aromatic rings. The van der Waals surface area contributed by atoms with Gasteiger partial charge in [0.25, 0.3) is 10.0 Å². The van der Waals surface area contributed by atoms with Crippen LogP contribution in [0.2, 0.25) is 0 Å². The molecule has 0 fully saturated rings. The van der Waals surface area contributed by atoms with Gasteiger partial charge in [-0.05, 0) is 37.3 Å². The van der Waals surface area contributed by atoms with Gasteiger partial charge in [-0.15, -0.1) is 0 Å². The lowest BCUT2D eigenvalue weighted by Crippen LogP contribution is -2.18. The summed E-state index contributed by atoms with van der Waals surface area (Å²) in [6, 6.07) is 6.75. The van der Waals surface area contributed by atoms with E-state index in [9.17, 15) is 22.9 Å². The quantitative estimate of drug-likeness (QED) is 0.415. The number of nitro benzene ring substituents is 1. The van der Waals surface area contributed by atoms with Crippen molar-refractivity contribution in [1.82, 2.24) is 4.83 Å². The monoisotopic (exact) mass is 397 g/mol. The summed E-state index contributed by atoms with van der Waals surface area (Å²) in [4.78, 5) is 12.3. The number of hydrazone groups is 1. The van der Waals surface area contributed by atoms with Crippen LogP contribution in [0.4, 0.5) is 10.1 Å². The maximum Gasteiger partial charge on any atom is 0.315 e. The highest BCUT2D eigenvalue weighted by Crippen LogP contribution is 2.37. The first kappa shape index (κ1) is 20.1. The molecule has 0 spiro atoms. The molecule has 0 aliphatic heterocycles. The van der Waals surface area contributed by atoms with Crippen LogP contribution < -0.4 is 14.3 Å². The first-order valence-electron chi connectivity index (χ1n) is 7.58. The molecular weight excluding hydrogens is 381 g/mol. The van der Waals surface area contributed by atoms with E-state index in [2.05, 4.69) is 5.10 Å². The standard InChI is InChI=1S/C16H16FN3O6S/c1-3-26-15-9-11(8-14(20(21)22)16(15)25-2)10-18-19-27(23,24)13-6-4-12(17)5-7-13/h4-10,19H,3H2,1-2H3/b18-10+. The van der Waals surface area contributed by atoms with E-state index in [-0.39, 0.29) is 34.3 Å². The van der Waals surface area contributed by atoms with E-state index < -0.39 is 20.8 Å². The van der Waals surface area contributed by atoms with Gasteiger partial charge in [-0.3, -0.25) is 10.1 Å². The maximum atomic E-state index is 12.9. The second kappa shape index (κ2) is 8.45. The number of nitrogens with one attached hydrogen (secondary N) is 1. The normalized spacial score (nSPS) is 11.4. The third-order valence-corrected chi connectivity index (χ3v) is 4.51. The van der Waals surface area contributed by atoms with Gasteiger partial charge in [-0.1, -0.05) is 0 Å². The lowest BCUT2D eigenvalue weighted by molar-refractivity contribution is -0.385. The average Bonchev–Trinajstić information content (AvgIpc) is 2.61.